The molecule has 1 aromatic rings. The van der Waals surface area contributed by atoms with Crippen LogP contribution in [0.1, 0.15) is 11.6 Å². The van der Waals surface area contributed by atoms with E-state index >= 15 is 0 Å². The van der Waals surface area contributed by atoms with Crippen LogP contribution in [0.5, 0.6) is 0 Å². The van der Waals surface area contributed by atoms with Gasteiger partial charge in [0.15, 0.2) is 0 Å². The minimum absolute atomic E-state index is 0. The van der Waals surface area contributed by atoms with Crippen molar-refractivity contribution in [1.29, 1.82) is 0 Å². The van der Waals surface area contributed by atoms with Crippen molar-refractivity contribution < 1.29 is 9.90 Å². The fourth-order valence-electron chi connectivity index (χ4n) is 0.887. The van der Waals surface area contributed by atoms with Gasteiger partial charge in [-0.3, -0.25) is 4.79 Å². The number of carbonyl (C=O) groups is 1. The number of halogens is 3. The molecule has 3 N–H and O–H groups in total. The molecular weight excluding hydrogens is 293 g/mol. The van der Waals surface area contributed by atoms with Crippen molar-refractivity contribution in [3.8, 4) is 0 Å². The van der Waals surface area contributed by atoms with Crippen LogP contribution in [0.4, 0.5) is 0 Å². The molecule has 1 atom stereocenters. The van der Waals surface area contributed by atoms with Gasteiger partial charge in [0, 0.05) is 9.50 Å². The molecule has 0 aliphatic heterocycles. The van der Waals surface area contributed by atoms with E-state index in [0.29, 0.717) is 10.6 Å². The smallest absolute Gasteiger partial charge is 0.325 e. The van der Waals surface area contributed by atoms with Crippen molar-refractivity contribution in [3.05, 3.63) is 33.3 Å². The lowest BCUT2D eigenvalue weighted by Gasteiger charge is -2.08. The topological polar surface area (TPSA) is 63.3 Å². The summed E-state index contributed by atoms with van der Waals surface area (Å²) in [6.07, 6.45) is 0. The summed E-state index contributed by atoms with van der Waals surface area (Å²) >= 11 is 9.00. The largest absolute Gasteiger partial charge is 0.480 e. The Labute approximate surface area is 101 Å². The first-order chi connectivity index (χ1) is 6.02. The molecule has 0 spiro atoms. The number of hydrogen-bond acceptors (Lipinski definition) is 2. The molecule has 0 fully saturated rings. The highest BCUT2D eigenvalue weighted by atomic mass is 79.9. The summed E-state index contributed by atoms with van der Waals surface area (Å²) in [6, 6.07) is 3.83. The van der Waals surface area contributed by atoms with Crippen molar-refractivity contribution in [3.63, 3.8) is 0 Å². The number of benzene rings is 1. The minimum atomic E-state index is -1.09. The van der Waals surface area contributed by atoms with Crippen molar-refractivity contribution in [2.75, 3.05) is 0 Å². The molecule has 0 aromatic heterocycles. The molecule has 3 nitrogen and oxygen atoms in total. The van der Waals surface area contributed by atoms with Crippen LogP contribution in [0.25, 0.3) is 0 Å². The first-order valence-electron chi connectivity index (χ1n) is 3.45. The summed E-state index contributed by atoms with van der Waals surface area (Å²) in [5, 5.41) is 8.98. The van der Waals surface area contributed by atoms with Crippen LogP contribution in [0.3, 0.4) is 0 Å². The molecule has 78 valence electrons. The van der Waals surface area contributed by atoms with E-state index in [2.05, 4.69) is 15.9 Å². The maximum atomic E-state index is 10.5. The number of hydrogen-bond donors (Lipinski definition) is 2. The van der Waals surface area contributed by atoms with E-state index < -0.39 is 12.0 Å². The first-order valence-corrected chi connectivity index (χ1v) is 4.63. The fraction of sp³-hybridized carbons (Fsp3) is 0.125. The van der Waals surface area contributed by atoms with Crippen LogP contribution in [0, 0.1) is 0 Å². The Kier molecular flexibility index (Phi) is 5.44. The van der Waals surface area contributed by atoms with Gasteiger partial charge in [0.2, 0.25) is 0 Å². The first kappa shape index (κ1) is 13.7. The standard InChI is InChI=1S/C8H7BrClNO2.ClH/c9-4-1-2-5(6(10)3-4)7(11)8(12)13;/h1-3,7H,11H2,(H,12,13);1H/t7-;/m0./s1. The molecule has 0 aliphatic rings. The lowest BCUT2D eigenvalue weighted by Crippen LogP contribution is -2.20. The van der Waals surface area contributed by atoms with E-state index in [-0.39, 0.29) is 12.4 Å². The fourth-order valence-corrected chi connectivity index (χ4v) is 1.68. The number of aliphatic carboxylic acids is 1. The van der Waals surface area contributed by atoms with Crippen LogP contribution < -0.4 is 5.73 Å². The Bertz CT molecular complexity index is 346. The zero-order chi connectivity index (χ0) is 10.0. The van der Waals surface area contributed by atoms with Gasteiger partial charge in [-0.1, -0.05) is 33.6 Å². The molecule has 0 amide bonds. The van der Waals surface area contributed by atoms with Crippen LogP contribution >= 0.6 is 39.9 Å². The maximum Gasteiger partial charge on any atom is 0.325 e. The van der Waals surface area contributed by atoms with E-state index in [9.17, 15) is 4.79 Å². The monoisotopic (exact) mass is 299 g/mol. The van der Waals surface area contributed by atoms with Gasteiger partial charge in [0.1, 0.15) is 6.04 Å². The van der Waals surface area contributed by atoms with Crippen molar-refractivity contribution in [1.82, 2.24) is 0 Å². The van der Waals surface area contributed by atoms with Gasteiger partial charge in [-0.05, 0) is 17.7 Å². The summed E-state index contributed by atoms with van der Waals surface area (Å²) < 4.78 is 0.791. The zero-order valence-electron chi connectivity index (χ0n) is 6.91. The van der Waals surface area contributed by atoms with Gasteiger partial charge in [0.25, 0.3) is 0 Å². The molecule has 0 radical (unpaired) electrons. The van der Waals surface area contributed by atoms with Gasteiger partial charge >= 0.3 is 5.97 Å². The number of rotatable bonds is 2. The van der Waals surface area contributed by atoms with Crippen molar-refractivity contribution >= 4 is 45.9 Å². The van der Waals surface area contributed by atoms with Crippen LogP contribution in [-0.2, 0) is 4.79 Å². The van der Waals surface area contributed by atoms with E-state index in [0.717, 1.165) is 4.47 Å². The van der Waals surface area contributed by atoms with Gasteiger partial charge in [0.05, 0.1) is 0 Å². The van der Waals surface area contributed by atoms with Gasteiger partial charge in [-0.15, -0.1) is 12.4 Å². The van der Waals surface area contributed by atoms with E-state index in [1.54, 1.807) is 18.2 Å². The second-order valence-electron chi connectivity index (χ2n) is 2.48. The summed E-state index contributed by atoms with van der Waals surface area (Å²) in [5.74, 6) is -1.09. The summed E-state index contributed by atoms with van der Waals surface area (Å²) in [6.45, 7) is 0. The van der Waals surface area contributed by atoms with E-state index in [1.807, 2.05) is 0 Å². The molecule has 6 heteroatoms. The molecule has 0 unspecified atom stereocenters. The SMILES string of the molecule is Cl.N[C@H](C(=O)O)c1ccc(Br)cc1Cl. The highest BCUT2D eigenvalue weighted by molar-refractivity contribution is 9.10. The Balaban J connectivity index is 0.00000169. The van der Waals surface area contributed by atoms with Crippen molar-refractivity contribution in [2.45, 2.75) is 6.04 Å². The quantitative estimate of drug-likeness (QED) is 0.882. The second-order valence-corrected chi connectivity index (χ2v) is 3.80. The maximum absolute atomic E-state index is 10.5. The Morgan fingerprint density at radius 2 is 2.14 bits per heavy atom. The Morgan fingerprint density at radius 3 is 2.57 bits per heavy atom. The molecule has 0 bridgehead atoms. The molecule has 0 saturated heterocycles. The normalized spacial score (nSPS) is 11.6. The summed E-state index contributed by atoms with van der Waals surface area (Å²) in [7, 11) is 0. The lowest BCUT2D eigenvalue weighted by atomic mass is 10.1. The average molecular weight is 301 g/mol. The number of nitrogens with two attached hydrogens (primary N) is 1. The molecule has 14 heavy (non-hydrogen) atoms. The molecule has 0 heterocycles. The third-order valence-corrected chi connectivity index (χ3v) is 2.38. The number of carboxylic acids is 1. The zero-order valence-corrected chi connectivity index (χ0v) is 10.1. The minimum Gasteiger partial charge on any atom is -0.480 e. The van der Waals surface area contributed by atoms with Crippen LogP contribution in [-0.4, -0.2) is 11.1 Å². The predicted octanol–water partition coefficient (Wildman–Crippen LogP) is 2.61. The van der Waals surface area contributed by atoms with Gasteiger partial charge in [-0.2, -0.15) is 0 Å². The predicted molar refractivity (Wildman–Crippen MR) is 61.0 cm³/mol. The van der Waals surface area contributed by atoms with Crippen LogP contribution in [0.2, 0.25) is 5.02 Å². The molecule has 0 aliphatic carbocycles. The summed E-state index contributed by atoms with van der Waals surface area (Å²) in [4.78, 5) is 10.5. The molecule has 1 rings (SSSR count). The third-order valence-electron chi connectivity index (χ3n) is 1.56. The highest BCUT2D eigenvalue weighted by Crippen LogP contribution is 2.25. The Morgan fingerprint density at radius 1 is 1.57 bits per heavy atom. The van der Waals surface area contributed by atoms with Crippen molar-refractivity contribution in [2.24, 2.45) is 5.73 Å². The third kappa shape index (κ3) is 3.13. The van der Waals surface area contributed by atoms with Crippen LogP contribution in [0.15, 0.2) is 22.7 Å². The molecular formula is C8H8BrCl2NO2. The Hall–Kier alpha value is -0.290. The van der Waals surface area contributed by atoms with E-state index in [4.69, 9.17) is 22.4 Å². The molecule has 1 aromatic carbocycles. The van der Waals surface area contributed by atoms with E-state index in [1.165, 1.54) is 0 Å². The second kappa shape index (κ2) is 5.56. The number of carboxylic acid groups (broad SMARTS) is 1. The van der Waals surface area contributed by atoms with Gasteiger partial charge < -0.3 is 10.8 Å². The average Bonchev–Trinajstić information content (AvgIpc) is 2.03. The highest BCUT2D eigenvalue weighted by Gasteiger charge is 2.16. The van der Waals surface area contributed by atoms with Gasteiger partial charge in [-0.25, -0.2) is 0 Å². The summed E-state index contributed by atoms with van der Waals surface area (Å²) in [5.41, 5.74) is 5.80. The molecule has 0 saturated carbocycles. The lowest BCUT2D eigenvalue weighted by molar-refractivity contribution is -0.138.